The molecule has 6 nitrogen and oxygen atoms in total. The summed E-state index contributed by atoms with van der Waals surface area (Å²) in [4.78, 5) is 15.7. The Balaban J connectivity index is 1.50. The zero-order chi connectivity index (χ0) is 17.4. The number of halogens is 1. The summed E-state index contributed by atoms with van der Waals surface area (Å²) in [6.07, 6.45) is 0.152. The van der Waals surface area contributed by atoms with E-state index in [-0.39, 0.29) is 11.6 Å². The Bertz CT molecular complexity index is 1100. The molecule has 4 aromatic rings. The van der Waals surface area contributed by atoms with Crippen LogP contribution in [0.1, 0.15) is 0 Å². The number of aromatic nitrogens is 2. The summed E-state index contributed by atoms with van der Waals surface area (Å²) in [7, 11) is 1.72. The molecule has 2 heterocycles. The van der Waals surface area contributed by atoms with Gasteiger partial charge in [0, 0.05) is 29.9 Å². The van der Waals surface area contributed by atoms with Crippen molar-refractivity contribution in [2.75, 3.05) is 5.32 Å². The van der Waals surface area contributed by atoms with E-state index < -0.39 is 0 Å². The van der Waals surface area contributed by atoms with E-state index in [1.165, 1.54) is 11.5 Å². The van der Waals surface area contributed by atoms with Crippen LogP contribution in [0.15, 0.2) is 57.7 Å². The van der Waals surface area contributed by atoms with Crippen molar-refractivity contribution in [3.05, 3.63) is 63.9 Å². The molecule has 4 rings (SSSR count). The van der Waals surface area contributed by atoms with Gasteiger partial charge in [0.25, 0.3) is 5.56 Å². The molecule has 0 aliphatic rings. The van der Waals surface area contributed by atoms with Crippen molar-refractivity contribution in [3.63, 3.8) is 0 Å². The summed E-state index contributed by atoms with van der Waals surface area (Å²) < 4.78 is 12.7. The minimum Gasteiger partial charge on any atom is -0.411 e. The number of ether oxygens (including phenoxy) is 1. The van der Waals surface area contributed by atoms with Crippen molar-refractivity contribution < 1.29 is 9.15 Å². The lowest BCUT2D eigenvalue weighted by Gasteiger charge is -2.04. The van der Waals surface area contributed by atoms with Gasteiger partial charge >= 0.3 is 6.08 Å². The monoisotopic (exact) mass is 373 g/mol. The summed E-state index contributed by atoms with van der Waals surface area (Å²) >= 11 is 7.27. The third-order valence-corrected chi connectivity index (χ3v) is 4.56. The molecule has 2 aromatic heterocycles. The molecular formula is C17H12ClN3O3S. The molecule has 0 spiro atoms. The zero-order valence-corrected chi connectivity index (χ0v) is 14.6. The second-order valence-corrected chi connectivity index (χ2v) is 6.89. The van der Waals surface area contributed by atoms with Crippen LogP contribution < -0.4 is 15.6 Å². The molecule has 2 aromatic carbocycles. The molecule has 0 radical (unpaired) electrons. The van der Waals surface area contributed by atoms with Crippen molar-refractivity contribution >= 4 is 44.9 Å². The Kier molecular flexibility index (Phi) is 3.95. The second-order valence-electron chi connectivity index (χ2n) is 5.28. The fourth-order valence-corrected chi connectivity index (χ4v) is 3.17. The van der Waals surface area contributed by atoms with Crippen molar-refractivity contribution in [2.45, 2.75) is 0 Å². The Morgan fingerprint density at radius 2 is 2.00 bits per heavy atom. The van der Waals surface area contributed by atoms with E-state index in [0.29, 0.717) is 21.9 Å². The number of nitrogens with one attached hydrogen (secondary N) is 1. The standard InChI is InChI=1S/C17H12ClN3O3S/c1-21-16(22)9-15(25-21)19-11-3-5-12(6-4-11)23-17-20-13-7-2-10(18)8-14(13)24-17/h2-9,19H,1H3. The predicted octanol–water partition coefficient (Wildman–Crippen LogP) is 4.78. The van der Waals surface area contributed by atoms with Gasteiger partial charge in [-0.05, 0) is 47.9 Å². The van der Waals surface area contributed by atoms with Crippen LogP contribution in [-0.4, -0.2) is 8.94 Å². The number of benzene rings is 2. The smallest absolute Gasteiger partial charge is 0.400 e. The van der Waals surface area contributed by atoms with Gasteiger partial charge < -0.3 is 14.5 Å². The molecule has 25 heavy (non-hydrogen) atoms. The molecule has 0 aliphatic heterocycles. The lowest BCUT2D eigenvalue weighted by molar-refractivity contribution is 0.343. The van der Waals surface area contributed by atoms with Crippen LogP contribution in [0.3, 0.4) is 0 Å². The molecule has 0 amide bonds. The van der Waals surface area contributed by atoms with Gasteiger partial charge in [-0.15, -0.1) is 0 Å². The molecule has 0 atom stereocenters. The second kappa shape index (κ2) is 6.27. The first kappa shape index (κ1) is 15.7. The SMILES string of the molecule is Cn1sc(Nc2ccc(Oc3nc4ccc(Cl)cc4o3)cc2)cc1=O. The molecule has 0 aliphatic carbocycles. The number of aryl methyl sites for hydroxylation is 1. The fraction of sp³-hybridized carbons (Fsp3) is 0.0588. The highest BCUT2D eigenvalue weighted by atomic mass is 35.5. The zero-order valence-electron chi connectivity index (χ0n) is 13.0. The minimum absolute atomic E-state index is 0.0384. The maximum Gasteiger partial charge on any atom is 0.400 e. The van der Waals surface area contributed by atoms with Gasteiger partial charge in [-0.3, -0.25) is 8.75 Å². The molecule has 0 unspecified atom stereocenters. The van der Waals surface area contributed by atoms with Crippen LogP contribution in [0.2, 0.25) is 5.02 Å². The van der Waals surface area contributed by atoms with E-state index in [4.69, 9.17) is 20.8 Å². The first-order chi connectivity index (χ1) is 12.1. The third-order valence-electron chi connectivity index (χ3n) is 3.46. The average Bonchev–Trinajstić information content (AvgIpc) is 3.11. The number of nitrogens with zero attached hydrogens (tertiary/aromatic N) is 2. The summed E-state index contributed by atoms with van der Waals surface area (Å²) in [6.45, 7) is 0. The number of rotatable bonds is 4. The highest BCUT2D eigenvalue weighted by molar-refractivity contribution is 7.10. The normalized spacial score (nSPS) is 11.0. The number of hydrogen-bond donors (Lipinski definition) is 1. The molecule has 1 N–H and O–H groups in total. The molecular weight excluding hydrogens is 362 g/mol. The maximum absolute atomic E-state index is 11.5. The van der Waals surface area contributed by atoms with Crippen LogP contribution in [0, 0.1) is 0 Å². The van der Waals surface area contributed by atoms with Gasteiger partial charge in [-0.1, -0.05) is 11.6 Å². The highest BCUT2D eigenvalue weighted by Crippen LogP contribution is 2.28. The van der Waals surface area contributed by atoms with E-state index in [9.17, 15) is 4.79 Å². The van der Waals surface area contributed by atoms with Crippen LogP contribution in [0.5, 0.6) is 11.8 Å². The van der Waals surface area contributed by atoms with E-state index >= 15 is 0 Å². The topological polar surface area (TPSA) is 69.3 Å². The minimum atomic E-state index is -0.0384. The van der Waals surface area contributed by atoms with E-state index in [0.717, 1.165) is 10.7 Å². The lowest BCUT2D eigenvalue weighted by atomic mass is 10.3. The predicted molar refractivity (Wildman–Crippen MR) is 98.4 cm³/mol. The first-order valence-electron chi connectivity index (χ1n) is 7.35. The average molecular weight is 374 g/mol. The highest BCUT2D eigenvalue weighted by Gasteiger charge is 2.09. The molecule has 8 heteroatoms. The summed E-state index contributed by atoms with van der Waals surface area (Å²) in [5.41, 5.74) is 2.05. The Morgan fingerprint density at radius 1 is 1.20 bits per heavy atom. The Labute approximate surface area is 151 Å². The summed E-state index contributed by atoms with van der Waals surface area (Å²) in [6, 6.07) is 14.0. The van der Waals surface area contributed by atoms with Crippen LogP contribution in [0.25, 0.3) is 11.1 Å². The van der Waals surface area contributed by atoms with Crippen LogP contribution >= 0.6 is 23.1 Å². The van der Waals surface area contributed by atoms with Gasteiger partial charge in [0.2, 0.25) is 0 Å². The first-order valence-corrected chi connectivity index (χ1v) is 8.50. The van der Waals surface area contributed by atoms with Gasteiger partial charge in [-0.2, -0.15) is 4.98 Å². The number of oxazole rings is 1. The molecule has 0 saturated heterocycles. The molecule has 0 fully saturated rings. The van der Waals surface area contributed by atoms with Gasteiger partial charge in [0.15, 0.2) is 5.58 Å². The number of anilines is 2. The Hall–Kier alpha value is -2.77. The van der Waals surface area contributed by atoms with E-state index in [1.54, 1.807) is 47.4 Å². The van der Waals surface area contributed by atoms with Crippen molar-refractivity contribution in [3.8, 4) is 11.8 Å². The number of hydrogen-bond acceptors (Lipinski definition) is 6. The van der Waals surface area contributed by atoms with Crippen LogP contribution in [-0.2, 0) is 7.05 Å². The lowest BCUT2D eigenvalue weighted by Crippen LogP contribution is -2.05. The van der Waals surface area contributed by atoms with E-state index in [2.05, 4.69) is 10.3 Å². The molecule has 126 valence electrons. The Morgan fingerprint density at radius 3 is 2.72 bits per heavy atom. The van der Waals surface area contributed by atoms with Crippen molar-refractivity contribution in [2.24, 2.45) is 7.05 Å². The van der Waals surface area contributed by atoms with Gasteiger partial charge in [0.1, 0.15) is 16.3 Å². The maximum atomic E-state index is 11.5. The summed E-state index contributed by atoms with van der Waals surface area (Å²) in [5.74, 6) is 0.587. The van der Waals surface area contributed by atoms with Crippen molar-refractivity contribution in [1.29, 1.82) is 0 Å². The number of fused-ring (bicyclic) bond motifs is 1. The van der Waals surface area contributed by atoms with E-state index in [1.807, 2.05) is 12.1 Å². The third kappa shape index (κ3) is 3.38. The quantitative estimate of drug-likeness (QED) is 0.557. The summed E-state index contributed by atoms with van der Waals surface area (Å²) in [5, 5.41) is 4.53. The molecule has 0 bridgehead atoms. The van der Waals surface area contributed by atoms with Crippen LogP contribution in [0.4, 0.5) is 10.7 Å². The molecule has 0 saturated carbocycles. The van der Waals surface area contributed by atoms with Gasteiger partial charge in [0.05, 0.1) is 0 Å². The van der Waals surface area contributed by atoms with Crippen molar-refractivity contribution in [1.82, 2.24) is 8.94 Å². The van der Waals surface area contributed by atoms with Gasteiger partial charge in [-0.25, -0.2) is 0 Å². The fourth-order valence-electron chi connectivity index (χ4n) is 2.25. The largest absolute Gasteiger partial charge is 0.411 e.